The van der Waals surface area contributed by atoms with Crippen LogP contribution in [-0.4, -0.2) is 48.2 Å². The Kier molecular flexibility index (Phi) is 5.63. The van der Waals surface area contributed by atoms with E-state index in [0.717, 1.165) is 0 Å². The van der Waals surface area contributed by atoms with E-state index in [2.05, 4.69) is 10.5 Å². The number of carbonyl (C=O) groups excluding carboxylic acids is 2. The second kappa shape index (κ2) is 8.37. The maximum Gasteiger partial charge on any atom is 0.273 e. The van der Waals surface area contributed by atoms with Crippen LogP contribution in [0.5, 0.6) is 5.75 Å². The van der Waals surface area contributed by atoms with Crippen LogP contribution in [-0.2, 0) is 9.63 Å². The highest BCUT2D eigenvalue weighted by Gasteiger charge is 2.45. The van der Waals surface area contributed by atoms with Gasteiger partial charge in [0.25, 0.3) is 11.8 Å². The molecule has 2 aliphatic heterocycles. The number of oxime groups is 1. The number of likely N-dealkylation sites (tertiary alicyclic amines) is 1. The number of ether oxygens (including phenoxy) is 1. The number of carbonyl (C=O) groups is 2. The van der Waals surface area contributed by atoms with E-state index in [-0.39, 0.29) is 17.5 Å². The quantitative estimate of drug-likeness (QED) is 0.813. The van der Waals surface area contributed by atoms with Gasteiger partial charge in [-0.05, 0) is 61.7 Å². The van der Waals surface area contributed by atoms with Crippen molar-refractivity contribution in [1.29, 1.82) is 0 Å². The fraction of sp³-hybridized carbons (Fsp3) is 0.348. The normalized spacial score (nSPS) is 20.2. The average Bonchev–Trinajstić information content (AvgIpc) is 3.19. The Morgan fingerprint density at radius 1 is 1.23 bits per heavy atom. The first-order valence-corrected chi connectivity index (χ1v) is 10.1. The number of amides is 2. The predicted octanol–water partition coefficient (Wildman–Crippen LogP) is 3.53. The Hall–Kier alpha value is -3.42. The van der Waals surface area contributed by atoms with Gasteiger partial charge in [-0.25, -0.2) is 4.39 Å². The summed E-state index contributed by atoms with van der Waals surface area (Å²) >= 11 is 0. The smallest absolute Gasteiger partial charge is 0.273 e. The molecule has 0 aliphatic carbocycles. The minimum atomic E-state index is -0.732. The molecule has 1 spiro atoms. The average molecular weight is 425 g/mol. The van der Waals surface area contributed by atoms with E-state index in [9.17, 15) is 14.0 Å². The van der Waals surface area contributed by atoms with Crippen LogP contribution in [0, 0.1) is 12.7 Å². The highest BCUT2D eigenvalue weighted by Crippen LogP contribution is 2.34. The first-order valence-electron chi connectivity index (χ1n) is 10.1. The molecule has 8 heteroatoms. The Morgan fingerprint density at radius 2 is 2.00 bits per heavy atom. The molecule has 1 saturated heterocycles. The van der Waals surface area contributed by atoms with Crippen molar-refractivity contribution in [3.63, 3.8) is 0 Å². The van der Waals surface area contributed by atoms with Gasteiger partial charge in [0.05, 0.1) is 13.7 Å². The summed E-state index contributed by atoms with van der Waals surface area (Å²) in [6.07, 6.45) is 1.70. The predicted molar refractivity (Wildman–Crippen MR) is 114 cm³/mol. The van der Waals surface area contributed by atoms with Crippen molar-refractivity contribution in [2.75, 3.05) is 25.5 Å². The topological polar surface area (TPSA) is 80.2 Å². The van der Waals surface area contributed by atoms with Crippen molar-refractivity contribution in [2.45, 2.75) is 31.8 Å². The zero-order valence-corrected chi connectivity index (χ0v) is 17.5. The molecule has 1 fully saturated rings. The monoisotopic (exact) mass is 425 g/mol. The maximum atomic E-state index is 13.9. The van der Waals surface area contributed by atoms with Crippen LogP contribution in [0.15, 0.2) is 47.6 Å². The third-order valence-corrected chi connectivity index (χ3v) is 5.69. The standard InChI is InChI=1S/C23H24FN3O4/c1-15-4-5-16(12-19(15)24)22(29)27-11-3-10-23(14-27)13-20(26-31-23)21(28)25-17-6-8-18(30-2)9-7-17/h4-9,12H,3,10-11,13-14H2,1-2H3,(H,25,28). The highest BCUT2D eigenvalue weighted by atomic mass is 19.1. The van der Waals surface area contributed by atoms with E-state index in [0.29, 0.717) is 54.9 Å². The number of piperidine rings is 1. The van der Waals surface area contributed by atoms with Crippen molar-refractivity contribution in [1.82, 2.24) is 4.90 Å². The number of hydrogen-bond acceptors (Lipinski definition) is 5. The van der Waals surface area contributed by atoms with E-state index in [4.69, 9.17) is 9.57 Å². The van der Waals surface area contributed by atoms with Crippen molar-refractivity contribution in [3.8, 4) is 5.75 Å². The first-order chi connectivity index (χ1) is 14.9. The number of methoxy groups -OCH3 is 1. The van der Waals surface area contributed by atoms with E-state index >= 15 is 0 Å². The summed E-state index contributed by atoms with van der Waals surface area (Å²) in [6, 6.07) is 11.5. The second-order valence-electron chi connectivity index (χ2n) is 7.97. The third kappa shape index (κ3) is 4.38. The SMILES string of the molecule is COc1ccc(NC(=O)C2=NOC3(CCCN(C(=O)c4ccc(C)c(F)c4)C3)C2)cc1. The number of nitrogens with zero attached hydrogens (tertiary/aromatic N) is 2. The molecule has 0 radical (unpaired) electrons. The van der Waals surface area contributed by atoms with Crippen molar-refractivity contribution in [3.05, 3.63) is 59.4 Å². The minimum absolute atomic E-state index is 0.252. The van der Waals surface area contributed by atoms with Crippen LogP contribution >= 0.6 is 0 Å². The van der Waals surface area contributed by atoms with Gasteiger partial charge in [-0.3, -0.25) is 9.59 Å². The molecular formula is C23H24FN3O4. The Morgan fingerprint density at radius 3 is 2.71 bits per heavy atom. The summed E-state index contributed by atoms with van der Waals surface area (Å²) in [5.41, 5.74) is 0.968. The lowest BCUT2D eigenvalue weighted by molar-refractivity contribution is -0.110. The fourth-order valence-electron chi connectivity index (χ4n) is 3.92. The summed E-state index contributed by atoms with van der Waals surface area (Å²) in [6.45, 7) is 2.50. The Bertz CT molecular complexity index is 1040. The fourth-order valence-corrected chi connectivity index (χ4v) is 3.92. The van der Waals surface area contributed by atoms with Crippen LogP contribution in [0.1, 0.15) is 35.2 Å². The van der Waals surface area contributed by atoms with Crippen LogP contribution < -0.4 is 10.1 Å². The number of hydrogen-bond donors (Lipinski definition) is 1. The lowest BCUT2D eigenvalue weighted by Crippen LogP contribution is -2.50. The highest BCUT2D eigenvalue weighted by molar-refractivity contribution is 6.43. The summed E-state index contributed by atoms with van der Waals surface area (Å²) in [5, 5.41) is 6.82. The summed E-state index contributed by atoms with van der Waals surface area (Å²) < 4.78 is 19.0. The van der Waals surface area contributed by atoms with Gasteiger partial charge in [-0.1, -0.05) is 11.2 Å². The van der Waals surface area contributed by atoms with Gasteiger partial charge in [0, 0.05) is 24.2 Å². The zero-order chi connectivity index (χ0) is 22.0. The number of rotatable bonds is 4. The molecule has 2 heterocycles. The van der Waals surface area contributed by atoms with Crippen LogP contribution in [0.4, 0.5) is 10.1 Å². The molecule has 2 aliphatic rings. The Labute approximate surface area is 179 Å². The maximum absolute atomic E-state index is 13.9. The lowest BCUT2D eigenvalue weighted by atomic mass is 9.87. The van der Waals surface area contributed by atoms with Crippen LogP contribution in [0.25, 0.3) is 0 Å². The van der Waals surface area contributed by atoms with Crippen LogP contribution in [0.3, 0.4) is 0 Å². The summed E-state index contributed by atoms with van der Waals surface area (Å²) in [5.74, 6) is -0.307. The van der Waals surface area contributed by atoms with E-state index in [1.54, 1.807) is 55.3 Å². The molecule has 1 unspecified atom stereocenters. The zero-order valence-electron chi connectivity index (χ0n) is 17.5. The number of benzene rings is 2. The largest absolute Gasteiger partial charge is 0.497 e. The number of nitrogens with one attached hydrogen (secondary N) is 1. The molecule has 4 rings (SSSR count). The molecule has 1 atom stereocenters. The lowest BCUT2D eigenvalue weighted by Gasteiger charge is -2.38. The third-order valence-electron chi connectivity index (χ3n) is 5.69. The van der Waals surface area contributed by atoms with Gasteiger partial charge in [0.15, 0.2) is 5.60 Å². The molecule has 7 nitrogen and oxygen atoms in total. The molecule has 0 aromatic heterocycles. The van der Waals surface area contributed by atoms with Crippen molar-refractivity contribution >= 4 is 23.2 Å². The van der Waals surface area contributed by atoms with Crippen LogP contribution in [0.2, 0.25) is 0 Å². The van der Waals surface area contributed by atoms with E-state index in [1.165, 1.54) is 6.07 Å². The van der Waals surface area contributed by atoms with E-state index < -0.39 is 11.4 Å². The van der Waals surface area contributed by atoms with E-state index in [1.807, 2.05) is 0 Å². The molecule has 31 heavy (non-hydrogen) atoms. The molecule has 1 N–H and O–H groups in total. The molecule has 162 valence electrons. The van der Waals surface area contributed by atoms with Gasteiger partial charge in [0.2, 0.25) is 0 Å². The first kappa shape index (κ1) is 20.8. The van der Waals surface area contributed by atoms with Gasteiger partial charge >= 0.3 is 0 Å². The second-order valence-corrected chi connectivity index (χ2v) is 7.97. The Balaban J connectivity index is 1.40. The van der Waals surface area contributed by atoms with Gasteiger partial charge in [-0.15, -0.1) is 0 Å². The van der Waals surface area contributed by atoms with Gasteiger partial charge in [0.1, 0.15) is 17.3 Å². The minimum Gasteiger partial charge on any atom is -0.497 e. The number of aryl methyl sites for hydroxylation is 1. The molecule has 0 saturated carbocycles. The molecule has 2 amide bonds. The number of halogens is 1. The summed E-state index contributed by atoms with van der Waals surface area (Å²) in [7, 11) is 1.57. The number of anilines is 1. The molecule has 2 aromatic rings. The molecule has 0 bridgehead atoms. The van der Waals surface area contributed by atoms with Gasteiger partial charge in [-0.2, -0.15) is 0 Å². The molecule has 2 aromatic carbocycles. The van der Waals surface area contributed by atoms with Crippen molar-refractivity contribution < 1.29 is 23.6 Å². The molecular weight excluding hydrogens is 401 g/mol. The van der Waals surface area contributed by atoms with Crippen molar-refractivity contribution in [2.24, 2.45) is 5.16 Å². The summed E-state index contributed by atoms with van der Waals surface area (Å²) in [4.78, 5) is 32.8. The van der Waals surface area contributed by atoms with Gasteiger partial charge < -0.3 is 19.8 Å².